The van der Waals surface area contributed by atoms with Gasteiger partial charge in [-0.2, -0.15) is 5.10 Å². The molecule has 26 heavy (non-hydrogen) atoms. The number of hydrogen-bond acceptors (Lipinski definition) is 4. The van der Waals surface area contributed by atoms with Crippen LogP contribution in [0.15, 0.2) is 30.5 Å². The van der Waals surface area contributed by atoms with Crippen LogP contribution in [0.3, 0.4) is 0 Å². The lowest BCUT2D eigenvalue weighted by molar-refractivity contribution is -0.135. The first-order chi connectivity index (χ1) is 12.5. The van der Waals surface area contributed by atoms with Gasteiger partial charge in [0.25, 0.3) is 0 Å². The standard InChI is InChI=1S/C19H24N6O/c1-13-8-10-24(11-9-13)19(26)14(2)25-12-17(20-22-25)18-15-6-4-5-7-16(15)21-23(18)3/h4-7,12-14H,8-11H2,1-3H3. The number of piperidine rings is 1. The van der Waals surface area contributed by atoms with E-state index in [2.05, 4.69) is 22.3 Å². The van der Waals surface area contributed by atoms with Crippen LogP contribution in [-0.2, 0) is 11.8 Å². The molecule has 2 aromatic heterocycles. The molecule has 1 aliphatic heterocycles. The Morgan fingerprint density at radius 3 is 2.73 bits per heavy atom. The van der Waals surface area contributed by atoms with Crippen LogP contribution in [0.4, 0.5) is 0 Å². The quantitative estimate of drug-likeness (QED) is 0.727. The Kier molecular flexibility index (Phi) is 4.22. The first kappa shape index (κ1) is 16.8. The summed E-state index contributed by atoms with van der Waals surface area (Å²) in [5, 5.41) is 14.1. The lowest BCUT2D eigenvalue weighted by atomic mass is 9.99. The van der Waals surface area contributed by atoms with E-state index >= 15 is 0 Å². The molecule has 4 rings (SSSR count). The van der Waals surface area contributed by atoms with Crippen molar-refractivity contribution in [3.05, 3.63) is 30.5 Å². The first-order valence-electron chi connectivity index (χ1n) is 9.17. The summed E-state index contributed by atoms with van der Waals surface area (Å²) >= 11 is 0. The Balaban J connectivity index is 1.59. The molecule has 3 heterocycles. The van der Waals surface area contributed by atoms with Gasteiger partial charge in [-0.25, -0.2) is 4.68 Å². The summed E-state index contributed by atoms with van der Waals surface area (Å²) in [5.41, 5.74) is 2.57. The molecule has 1 saturated heterocycles. The summed E-state index contributed by atoms with van der Waals surface area (Å²) in [5.74, 6) is 0.814. The number of amides is 1. The molecule has 1 amide bonds. The van der Waals surface area contributed by atoms with Crippen molar-refractivity contribution in [2.24, 2.45) is 13.0 Å². The Hall–Kier alpha value is -2.70. The molecule has 1 atom stereocenters. The first-order valence-corrected chi connectivity index (χ1v) is 9.17. The number of hydrogen-bond donors (Lipinski definition) is 0. The number of rotatable bonds is 3. The van der Waals surface area contributed by atoms with Crippen molar-refractivity contribution in [3.63, 3.8) is 0 Å². The predicted octanol–water partition coefficient (Wildman–Crippen LogP) is 2.65. The third-order valence-electron chi connectivity index (χ3n) is 5.34. The second-order valence-electron chi connectivity index (χ2n) is 7.26. The minimum absolute atomic E-state index is 0.114. The van der Waals surface area contributed by atoms with Gasteiger partial charge in [-0.05, 0) is 31.7 Å². The number of benzene rings is 1. The van der Waals surface area contributed by atoms with Gasteiger partial charge < -0.3 is 4.90 Å². The highest BCUT2D eigenvalue weighted by molar-refractivity contribution is 5.92. The Morgan fingerprint density at radius 1 is 1.23 bits per heavy atom. The number of nitrogens with zero attached hydrogens (tertiary/aromatic N) is 6. The molecule has 7 nitrogen and oxygen atoms in total. The number of carbonyl (C=O) groups is 1. The number of aryl methyl sites for hydroxylation is 1. The molecular weight excluding hydrogens is 328 g/mol. The average molecular weight is 352 g/mol. The van der Waals surface area contributed by atoms with E-state index in [4.69, 9.17) is 0 Å². The van der Waals surface area contributed by atoms with Gasteiger partial charge in [-0.1, -0.05) is 30.3 Å². The number of likely N-dealkylation sites (tertiary alicyclic amines) is 1. The third kappa shape index (κ3) is 2.87. The largest absolute Gasteiger partial charge is 0.341 e. The molecule has 1 fully saturated rings. The molecule has 1 aliphatic rings. The molecule has 0 radical (unpaired) electrons. The van der Waals surface area contributed by atoms with Crippen molar-refractivity contribution in [2.45, 2.75) is 32.7 Å². The van der Waals surface area contributed by atoms with E-state index in [0.717, 1.165) is 48.2 Å². The van der Waals surface area contributed by atoms with E-state index in [1.54, 1.807) is 4.68 Å². The van der Waals surface area contributed by atoms with Gasteiger partial charge in [0.2, 0.25) is 5.91 Å². The molecular formula is C19H24N6O. The van der Waals surface area contributed by atoms with Crippen LogP contribution in [0.5, 0.6) is 0 Å². The summed E-state index contributed by atoms with van der Waals surface area (Å²) in [6.07, 6.45) is 3.99. The van der Waals surface area contributed by atoms with Crippen molar-refractivity contribution in [3.8, 4) is 11.4 Å². The second kappa shape index (κ2) is 6.55. The van der Waals surface area contributed by atoms with Crippen LogP contribution in [-0.4, -0.2) is 48.7 Å². The Bertz CT molecular complexity index is 935. The van der Waals surface area contributed by atoms with Crippen LogP contribution >= 0.6 is 0 Å². The van der Waals surface area contributed by atoms with Crippen LogP contribution in [0.25, 0.3) is 22.3 Å². The lowest BCUT2D eigenvalue weighted by Gasteiger charge is -2.32. The fourth-order valence-corrected chi connectivity index (χ4v) is 3.63. The van der Waals surface area contributed by atoms with Crippen molar-refractivity contribution in [2.75, 3.05) is 13.1 Å². The molecule has 1 unspecified atom stereocenters. The van der Waals surface area contributed by atoms with Gasteiger partial charge in [0, 0.05) is 25.5 Å². The zero-order valence-corrected chi connectivity index (χ0v) is 15.5. The van der Waals surface area contributed by atoms with E-state index in [0.29, 0.717) is 5.92 Å². The summed E-state index contributed by atoms with van der Waals surface area (Å²) in [6.45, 7) is 5.80. The van der Waals surface area contributed by atoms with Gasteiger partial charge in [0.05, 0.1) is 17.4 Å². The predicted molar refractivity (Wildman–Crippen MR) is 99.4 cm³/mol. The highest BCUT2D eigenvalue weighted by Gasteiger charge is 2.26. The Morgan fingerprint density at radius 2 is 1.96 bits per heavy atom. The van der Waals surface area contributed by atoms with E-state index in [9.17, 15) is 4.79 Å². The third-order valence-corrected chi connectivity index (χ3v) is 5.34. The molecule has 0 bridgehead atoms. The molecule has 0 N–H and O–H groups in total. The minimum Gasteiger partial charge on any atom is -0.341 e. The van der Waals surface area contributed by atoms with Gasteiger partial charge in [0.15, 0.2) is 0 Å². The van der Waals surface area contributed by atoms with E-state index < -0.39 is 0 Å². The molecule has 7 heteroatoms. The normalized spacial score (nSPS) is 17.0. The monoisotopic (exact) mass is 352 g/mol. The van der Waals surface area contributed by atoms with Crippen molar-refractivity contribution in [1.82, 2.24) is 29.7 Å². The number of carbonyl (C=O) groups excluding carboxylic acids is 1. The number of fused-ring (bicyclic) bond motifs is 1. The lowest BCUT2D eigenvalue weighted by Crippen LogP contribution is -2.41. The van der Waals surface area contributed by atoms with E-state index in [1.807, 2.05) is 54.0 Å². The molecule has 0 spiro atoms. The van der Waals surface area contributed by atoms with Crippen molar-refractivity contribution in [1.29, 1.82) is 0 Å². The average Bonchev–Trinajstić information content (AvgIpc) is 3.24. The summed E-state index contributed by atoms with van der Waals surface area (Å²) < 4.78 is 3.48. The van der Waals surface area contributed by atoms with Gasteiger partial charge in [-0.3, -0.25) is 9.48 Å². The fourth-order valence-electron chi connectivity index (χ4n) is 3.63. The maximum atomic E-state index is 12.8. The smallest absolute Gasteiger partial charge is 0.247 e. The second-order valence-corrected chi connectivity index (χ2v) is 7.26. The molecule has 0 saturated carbocycles. The van der Waals surface area contributed by atoms with E-state index in [1.165, 1.54) is 0 Å². The number of aromatic nitrogens is 5. The van der Waals surface area contributed by atoms with Crippen LogP contribution in [0.2, 0.25) is 0 Å². The van der Waals surface area contributed by atoms with Gasteiger partial charge in [0.1, 0.15) is 11.7 Å². The van der Waals surface area contributed by atoms with Crippen molar-refractivity contribution < 1.29 is 4.79 Å². The molecule has 1 aromatic carbocycles. The van der Waals surface area contributed by atoms with Crippen molar-refractivity contribution >= 4 is 16.8 Å². The SMILES string of the molecule is CC1CCN(C(=O)C(C)n2cc(-c3c4ccccc4nn3C)nn2)CC1. The summed E-state index contributed by atoms with van der Waals surface area (Å²) in [7, 11) is 1.90. The fraction of sp³-hybridized carbons (Fsp3) is 0.474. The zero-order chi connectivity index (χ0) is 18.3. The minimum atomic E-state index is -0.357. The van der Waals surface area contributed by atoms with Gasteiger partial charge >= 0.3 is 0 Å². The maximum Gasteiger partial charge on any atom is 0.247 e. The topological polar surface area (TPSA) is 68.8 Å². The Labute approximate surface area is 152 Å². The van der Waals surface area contributed by atoms with E-state index in [-0.39, 0.29) is 11.9 Å². The molecule has 0 aliphatic carbocycles. The summed E-state index contributed by atoms with van der Waals surface area (Å²) in [6, 6.07) is 7.61. The highest BCUT2D eigenvalue weighted by Crippen LogP contribution is 2.27. The highest BCUT2D eigenvalue weighted by atomic mass is 16.2. The maximum absolute atomic E-state index is 12.8. The van der Waals surface area contributed by atoms with Crippen LogP contribution in [0, 0.1) is 5.92 Å². The van der Waals surface area contributed by atoms with Crippen LogP contribution in [0.1, 0.15) is 32.7 Å². The molecule has 136 valence electrons. The van der Waals surface area contributed by atoms with Gasteiger partial charge in [-0.15, -0.1) is 5.10 Å². The summed E-state index contributed by atoms with van der Waals surface area (Å²) in [4.78, 5) is 14.7. The molecule has 3 aromatic rings. The van der Waals surface area contributed by atoms with Crippen LogP contribution < -0.4 is 0 Å². The zero-order valence-electron chi connectivity index (χ0n) is 15.5.